The van der Waals surface area contributed by atoms with Gasteiger partial charge < -0.3 is 20.6 Å². The molecule has 2 fully saturated rings. The lowest BCUT2D eigenvalue weighted by Gasteiger charge is -2.42. The molecule has 1 saturated carbocycles. The van der Waals surface area contributed by atoms with Crippen LogP contribution in [0.1, 0.15) is 24.5 Å². The van der Waals surface area contributed by atoms with Gasteiger partial charge in [-0.3, -0.25) is 0 Å². The van der Waals surface area contributed by atoms with Gasteiger partial charge in [-0.15, -0.1) is 0 Å². The highest BCUT2D eigenvalue weighted by Crippen LogP contribution is 2.51. The molecule has 98 valence electrons. The van der Waals surface area contributed by atoms with Gasteiger partial charge in [-0.1, -0.05) is 30.3 Å². The monoisotopic (exact) mass is 249 g/mol. The number of rotatable bonds is 2. The molecule has 1 aromatic carbocycles. The van der Waals surface area contributed by atoms with Gasteiger partial charge in [0.05, 0.1) is 18.3 Å². The van der Waals surface area contributed by atoms with Crippen LogP contribution in [0.5, 0.6) is 0 Å². The Kier molecular flexibility index (Phi) is 2.90. The molecule has 1 spiro atoms. The largest absolute Gasteiger partial charge is 0.390 e. The zero-order chi connectivity index (χ0) is 12.8. The van der Waals surface area contributed by atoms with Crippen molar-refractivity contribution in [3.05, 3.63) is 35.9 Å². The van der Waals surface area contributed by atoms with Crippen LogP contribution in [0.4, 0.5) is 0 Å². The van der Waals surface area contributed by atoms with E-state index in [0.717, 1.165) is 18.4 Å². The van der Waals surface area contributed by atoms with Crippen molar-refractivity contribution < 1.29 is 15.3 Å². The van der Waals surface area contributed by atoms with E-state index in [1.165, 1.54) is 0 Å². The highest BCUT2D eigenvalue weighted by molar-refractivity contribution is 5.24. The van der Waals surface area contributed by atoms with Crippen molar-refractivity contribution in [2.45, 2.75) is 36.7 Å². The lowest BCUT2D eigenvalue weighted by atomic mass is 9.78. The fraction of sp³-hybridized carbons (Fsp3) is 0.571. The Morgan fingerprint density at radius 2 is 1.83 bits per heavy atom. The van der Waals surface area contributed by atoms with Crippen molar-refractivity contribution >= 4 is 0 Å². The summed E-state index contributed by atoms with van der Waals surface area (Å²) in [6, 6.07) is 9.35. The van der Waals surface area contributed by atoms with Gasteiger partial charge in [0.25, 0.3) is 0 Å². The second kappa shape index (κ2) is 4.31. The lowest BCUT2D eigenvalue weighted by Crippen LogP contribution is -2.59. The van der Waals surface area contributed by atoms with Crippen LogP contribution < -0.4 is 5.32 Å². The number of piperidine rings is 1. The summed E-state index contributed by atoms with van der Waals surface area (Å²) in [5.74, 6) is -0.344. The molecule has 0 radical (unpaired) electrons. The molecular formula is C14H19NO3. The van der Waals surface area contributed by atoms with Crippen LogP contribution in [-0.2, 0) is 0 Å². The summed E-state index contributed by atoms with van der Waals surface area (Å²) in [6.45, 7) is 0.402. The molecular weight excluding hydrogens is 230 g/mol. The van der Waals surface area contributed by atoms with E-state index < -0.39 is 18.3 Å². The molecule has 0 bridgehead atoms. The maximum Gasteiger partial charge on any atom is 0.0927 e. The summed E-state index contributed by atoms with van der Waals surface area (Å²) in [5.41, 5.74) is 0.609. The molecule has 2 aliphatic rings. The standard InChI is InChI=1S/C14H19NO3/c16-10-8-15-14(6-7-14)11(13(10)18)12(17)9-4-2-1-3-5-9/h1-5,10-13,15-18H,6-8H2/t10-,11?,12?,13+/m1/s1. The molecule has 1 aromatic rings. The Morgan fingerprint density at radius 1 is 1.17 bits per heavy atom. The van der Waals surface area contributed by atoms with Gasteiger partial charge >= 0.3 is 0 Å². The molecule has 4 N–H and O–H groups in total. The molecule has 1 aliphatic heterocycles. The second-order valence-corrected chi connectivity index (χ2v) is 5.48. The smallest absolute Gasteiger partial charge is 0.0927 e. The van der Waals surface area contributed by atoms with E-state index in [-0.39, 0.29) is 11.5 Å². The van der Waals surface area contributed by atoms with Crippen LogP contribution in [0.15, 0.2) is 30.3 Å². The number of hydrogen-bond donors (Lipinski definition) is 4. The van der Waals surface area contributed by atoms with Crippen molar-refractivity contribution in [2.75, 3.05) is 6.54 Å². The molecule has 4 atom stereocenters. The molecule has 1 aliphatic carbocycles. The first-order valence-corrected chi connectivity index (χ1v) is 6.48. The third-order valence-electron chi connectivity index (χ3n) is 4.33. The topological polar surface area (TPSA) is 72.7 Å². The zero-order valence-corrected chi connectivity index (χ0v) is 10.2. The van der Waals surface area contributed by atoms with Crippen LogP contribution in [-0.4, -0.2) is 39.6 Å². The van der Waals surface area contributed by atoms with Gasteiger partial charge in [0.2, 0.25) is 0 Å². The summed E-state index contributed by atoms with van der Waals surface area (Å²) in [5, 5.41) is 33.8. The van der Waals surface area contributed by atoms with Gasteiger partial charge in [-0.05, 0) is 18.4 Å². The van der Waals surface area contributed by atoms with E-state index >= 15 is 0 Å². The van der Waals surface area contributed by atoms with Crippen LogP contribution in [0.3, 0.4) is 0 Å². The van der Waals surface area contributed by atoms with Crippen molar-refractivity contribution in [3.8, 4) is 0 Å². The fourth-order valence-electron chi connectivity index (χ4n) is 3.10. The molecule has 2 unspecified atom stereocenters. The SMILES string of the molecule is OC(c1ccccc1)C1[C@@H](O)[C@H](O)CNC12CC2. The normalized spacial score (nSPS) is 35.4. The average molecular weight is 249 g/mol. The molecule has 4 nitrogen and oxygen atoms in total. The van der Waals surface area contributed by atoms with E-state index in [1.807, 2.05) is 30.3 Å². The Morgan fingerprint density at radius 3 is 2.44 bits per heavy atom. The average Bonchev–Trinajstić information content (AvgIpc) is 3.16. The van der Waals surface area contributed by atoms with E-state index in [2.05, 4.69) is 5.32 Å². The quantitative estimate of drug-likeness (QED) is 0.604. The maximum absolute atomic E-state index is 10.5. The molecule has 18 heavy (non-hydrogen) atoms. The molecule has 4 heteroatoms. The van der Waals surface area contributed by atoms with Gasteiger partial charge in [-0.25, -0.2) is 0 Å². The fourth-order valence-corrected chi connectivity index (χ4v) is 3.10. The predicted molar refractivity (Wildman–Crippen MR) is 66.9 cm³/mol. The lowest BCUT2D eigenvalue weighted by molar-refractivity contribution is -0.0989. The summed E-state index contributed by atoms with van der Waals surface area (Å²) >= 11 is 0. The van der Waals surface area contributed by atoms with Gasteiger partial charge in [0.15, 0.2) is 0 Å². The predicted octanol–water partition coefficient (Wildman–Crippen LogP) is 0.194. The van der Waals surface area contributed by atoms with Gasteiger partial charge in [0.1, 0.15) is 0 Å². The van der Waals surface area contributed by atoms with Crippen LogP contribution in [0.2, 0.25) is 0 Å². The number of benzene rings is 1. The first-order chi connectivity index (χ1) is 8.64. The van der Waals surface area contributed by atoms with Crippen molar-refractivity contribution in [3.63, 3.8) is 0 Å². The summed E-state index contributed by atoms with van der Waals surface area (Å²) in [6.07, 6.45) is -0.522. The van der Waals surface area contributed by atoms with Gasteiger partial charge in [0, 0.05) is 18.0 Å². The maximum atomic E-state index is 10.5. The number of nitrogens with one attached hydrogen (secondary N) is 1. The van der Waals surface area contributed by atoms with E-state index in [1.54, 1.807) is 0 Å². The van der Waals surface area contributed by atoms with Crippen LogP contribution >= 0.6 is 0 Å². The molecule has 0 aromatic heterocycles. The Labute approximate surface area is 106 Å². The number of β-amino-alcohol motifs (C(OH)–C–C–N with tert-alkyl or cyclic N) is 1. The number of aliphatic hydroxyl groups is 3. The minimum atomic E-state index is -0.871. The van der Waals surface area contributed by atoms with Crippen molar-refractivity contribution in [1.82, 2.24) is 5.32 Å². The molecule has 3 rings (SSSR count). The van der Waals surface area contributed by atoms with Crippen molar-refractivity contribution in [2.24, 2.45) is 5.92 Å². The third kappa shape index (κ3) is 1.86. The van der Waals surface area contributed by atoms with Crippen molar-refractivity contribution in [1.29, 1.82) is 0 Å². The number of hydrogen-bond acceptors (Lipinski definition) is 4. The Balaban J connectivity index is 1.88. The van der Waals surface area contributed by atoms with E-state index in [0.29, 0.717) is 6.54 Å². The van der Waals surface area contributed by atoms with E-state index in [4.69, 9.17) is 0 Å². The van der Waals surface area contributed by atoms with Crippen LogP contribution in [0.25, 0.3) is 0 Å². The summed E-state index contributed by atoms with van der Waals surface area (Å²) < 4.78 is 0. The highest BCUT2D eigenvalue weighted by Gasteiger charge is 2.58. The minimum Gasteiger partial charge on any atom is -0.390 e. The second-order valence-electron chi connectivity index (χ2n) is 5.48. The molecule has 1 heterocycles. The number of aliphatic hydroxyl groups excluding tert-OH is 3. The molecule has 0 amide bonds. The molecule has 1 saturated heterocycles. The summed E-state index contributed by atoms with van der Waals surface area (Å²) in [4.78, 5) is 0. The van der Waals surface area contributed by atoms with E-state index in [9.17, 15) is 15.3 Å². The zero-order valence-electron chi connectivity index (χ0n) is 10.2. The minimum absolute atomic E-state index is 0.187. The highest BCUT2D eigenvalue weighted by atomic mass is 16.3. The van der Waals surface area contributed by atoms with Crippen LogP contribution in [0, 0.1) is 5.92 Å². The van der Waals surface area contributed by atoms with Gasteiger partial charge in [-0.2, -0.15) is 0 Å². The first-order valence-electron chi connectivity index (χ1n) is 6.48. The third-order valence-corrected chi connectivity index (χ3v) is 4.33. The Bertz CT molecular complexity index is 418. The Hall–Kier alpha value is -0.940. The first kappa shape index (κ1) is 12.1. The summed E-state index contributed by atoms with van der Waals surface area (Å²) in [7, 11) is 0.